The van der Waals surface area contributed by atoms with Crippen molar-refractivity contribution >= 4 is 5.69 Å². The topological polar surface area (TPSA) is 38.5 Å². The van der Waals surface area contributed by atoms with E-state index in [1.165, 1.54) is 11.3 Å². The lowest BCUT2D eigenvalue weighted by Gasteiger charge is -2.20. The van der Waals surface area contributed by atoms with Crippen LogP contribution in [0.15, 0.2) is 24.3 Å². The molecule has 1 unspecified atom stereocenters. The Kier molecular flexibility index (Phi) is 6.16. The highest BCUT2D eigenvalue weighted by Gasteiger charge is 2.03. The van der Waals surface area contributed by atoms with Gasteiger partial charge in [0, 0.05) is 25.3 Å². The summed E-state index contributed by atoms with van der Waals surface area (Å²) in [7, 11) is 2.09. The van der Waals surface area contributed by atoms with Crippen molar-refractivity contribution in [2.24, 2.45) is 5.73 Å². The van der Waals surface area contributed by atoms with Gasteiger partial charge in [-0.3, -0.25) is 0 Å². The third-order valence-electron chi connectivity index (χ3n) is 2.81. The normalized spacial score (nSPS) is 12.8. The lowest BCUT2D eigenvalue weighted by Crippen LogP contribution is -2.24. The van der Waals surface area contributed by atoms with Gasteiger partial charge in [-0.2, -0.15) is 0 Å². The lowest BCUT2D eigenvalue weighted by molar-refractivity contribution is 0.0846. The predicted octanol–water partition coefficient (Wildman–Crippen LogP) is 2.44. The van der Waals surface area contributed by atoms with Gasteiger partial charge in [-0.05, 0) is 44.9 Å². The van der Waals surface area contributed by atoms with Crippen molar-refractivity contribution in [3.8, 4) is 0 Å². The van der Waals surface area contributed by atoms with Crippen molar-refractivity contribution in [3.63, 3.8) is 0 Å². The molecule has 3 nitrogen and oxygen atoms in total. The molecule has 0 bridgehead atoms. The molecule has 1 atom stereocenters. The van der Waals surface area contributed by atoms with E-state index >= 15 is 0 Å². The van der Waals surface area contributed by atoms with Crippen molar-refractivity contribution in [2.45, 2.75) is 39.3 Å². The maximum absolute atomic E-state index is 5.79. The van der Waals surface area contributed by atoms with Gasteiger partial charge in [0.25, 0.3) is 0 Å². The van der Waals surface area contributed by atoms with Gasteiger partial charge in [-0.15, -0.1) is 0 Å². The van der Waals surface area contributed by atoms with Gasteiger partial charge in [-0.1, -0.05) is 12.1 Å². The van der Waals surface area contributed by atoms with Crippen molar-refractivity contribution in [2.75, 3.05) is 25.1 Å². The quantitative estimate of drug-likeness (QED) is 0.808. The molecule has 0 spiro atoms. The molecule has 0 radical (unpaired) electrons. The molecule has 18 heavy (non-hydrogen) atoms. The van der Waals surface area contributed by atoms with Crippen LogP contribution in [-0.2, 0) is 11.2 Å². The number of benzene rings is 1. The van der Waals surface area contributed by atoms with E-state index in [2.05, 4.69) is 50.1 Å². The number of anilines is 1. The zero-order valence-corrected chi connectivity index (χ0v) is 12.0. The first-order chi connectivity index (χ1) is 8.49. The maximum atomic E-state index is 5.79. The van der Waals surface area contributed by atoms with Crippen LogP contribution in [0, 0.1) is 0 Å². The Morgan fingerprint density at radius 2 is 1.78 bits per heavy atom. The fourth-order valence-corrected chi connectivity index (χ4v) is 1.81. The first kappa shape index (κ1) is 15.0. The highest BCUT2D eigenvalue weighted by Crippen LogP contribution is 2.14. The molecule has 2 N–H and O–H groups in total. The molecule has 1 rings (SSSR count). The van der Waals surface area contributed by atoms with Crippen molar-refractivity contribution < 1.29 is 4.74 Å². The number of hydrogen-bond donors (Lipinski definition) is 1. The minimum atomic E-state index is 0.216. The van der Waals surface area contributed by atoms with Crippen molar-refractivity contribution in [1.29, 1.82) is 0 Å². The van der Waals surface area contributed by atoms with Crippen LogP contribution in [-0.4, -0.2) is 32.3 Å². The Morgan fingerprint density at radius 3 is 2.28 bits per heavy atom. The van der Waals surface area contributed by atoms with Crippen LogP contribution in [0.2, 0.25) is 0 Å². The Hall–Kier alpha value is -1.06. The average molecular weight is 250 g/mol. The largest absolute Gasteiger partial charge is 0.377 e. The molecule has 0 aliphatic rings. The summed E-state index contributed by atoms with van der Waals surface area (Å²) < 4.78 is 5.55. The van der Waals surface area contributed by atoms with Gasteiger partial charge in [0.2, 0.25) is 0 Å². The highest BCUT2D eigenvalue weighted by molar-refractivity contribution is 5.46. The van der Waals surface area contributed by atoms with Crippen LogP contribution in [0.25, 0.3) is 0 Å². The second-order valence-electron chi connectivity index (χ2n) is 5.19. The molecular weight excluding hydrogens is 224 g/mol. The SMILES string of the molecule is CC(N)Cc1ccc(N(C)CCOC(C)C)cc1. The Balaban J connectivity index is 2.46. The summed E-state index contributed by atoms with van der Waals surface area (Å²) in [6, 6.07) is 8.81. The van der Waals surface area contributed by atoms with E-state index in [0.29, 0.717) is 6.10 Å². The Morgan fingerprint density at radius 1 is 1.17 bits per heavy atom. The third-order valence-corrected chi connectivity index (χ3v) is 2.81. The molecule has 0 fully saturated rings. The average Bonchev–Trinajstić information content (AvgIpc) is 2.28. The van der Waals surface area contributed by atoms with E-state index < -0.39 is 0 Å². The molecule has 0 aromatic heterocycles. The second kappa shape index (κ2) is 7.39. The second-order valence-corrected chi connectivity index (χ2v) is 5.19. The fraction of sp³-hybridized carbons (Fsp3) is 0.600. The van der Waals surface area contributed by atoms with Crippen LogP contribution in [0.4, 0.5) is 5.69 Å². The molecule has 0 heterocycles. The molecule has 0 aliphatic heterocycles. The molecule has 0 saturated heterocycles. The molecular formula is C15H26N2O. The van der Waals surface area contributed by atoms with E-state index in [1.54, 1.807) is 0 Å². The Bertz CT molecular complexity index is 333. The monoisotopic (exact) mass is 250 g/mol. The number of likely N-dealkylation sites (N-methyl/N-ethyl adjacent to an activating group) is 1. The van der Waals surface area contributed by atoms with Gasteiger partial charge >= 0.3 is 0 Å². The summed E-state index contributed by atoms with van der Waals surface area (Å²) >= 11 is 0. The predicted molar refractivity (Wildman–Crippen MR) is 78.2 cm³/mol. The van der Waals surface area contributed by atoms with Crippen molar-refractivity contribution in [3.05, 3.63) is 29.8 Å². The van der Waals surface area contributed by atoms with Crippen molar-refractivity contribution in [1.82, 2.24) is 0 Å². The zero-order valence-electron chi connectivity index (χ0n) is 12.0. The van der Waals surface area contributed by atoms with Crippen LogP contribution >= 0.6 is 0 Å². The smallest absolute Gasteiger partial charge is 0.0644 e. The lowest BCUT2D eigenvalue weighted by atomic mass is 10.1. The minimum Gasteiger partial charge on any atom is -0.377 e. The highest BCUT2D eigenvalue weighted by atomic mass is 16.5. The maximum Gasteiger partial charge on any atom is 0.0644 e. The van der Waals surface area contributed by atoms with E-state index in [4.69, 9.17) is 10.5 Å². The van der Waals surface area contributed by atoms with Crippen LogP contribution < -0.4 is 10.6 Å². The first-order valence-electron chi connectivity index (χ1n) is 6.66. The number of hydrogen-bond acceptors (Lipinski definition) is 3. The van der Waals surface area contributed by atoms with Gasteiger partial charge in [0.05, 0.1) is 12.7 Å². The van der Waals surface area contributed by atoms with E-state index in [-0.39, 0.29) is 6.04 Å². The standard InChI is InChI=1S/C15H26N2O/c1-12(2)18-10-9-17(4)15-7-5-14(6-8-15)11-13(3)16/h5-8,12-13H,9-11,16H2,1-4H3. The zero-order chi connectivity index (χ0) is 13.5. The molecule has 0 amide bonds. The van der Waals surface area contributed by atoms with E-state index in [9.17, 15) is 0 Å². The van der Waals surface area contributed by atoms with E-state index in [0.717, 1.165) is 19.6 Å². The molecule has 3 heteroatoms. The van der Waals surface area contributed by atoms with Gasteiger partial charge in [0.1, 0.15) is 0 Å². The summed E-state index contributed by atoms with van der Waals surface area (Å²) in [6.45, 7) is 7.81. The number of nitrogens with zero attached hydrogens (tertiary/aromatic N) is 1. The summed E-state index contributed by atoms with van der Waals surface area (Å²) in [5.74, 6) is 0. The fourth-order valence-electron chi connectivity index (χ4n) is 1.81. The Labute approximate surface area is 111 Å². The molecule has 1 aromatic rings. The third kappa shape index (κ3) is 5.52. The van der Waals surface area contributed by atoms with Gasteiger partial charge in [-0.25, -0.2) is 0 Å². The van der Waals surface area contributed by atoms with Gasteiger partial charge in [0.15, 0.2) is 0 Å². The number of ether oxygens (including phenoxy) is 1. The summed E-state index contributed by atoms with van der Waals surface area (Å²) in [6.07, 6.45) is 1.23. The summed E-state index contributed by atoms with van der Waals surface area (Å²) in [5, 5.41) is 0. The summed E-state index contributed by atoms with van der Waals surface area (Å²) in [4.78, 5) is 2.21. The molecule has 0 saturated carbocycles. The van der Waals surface area contributed by atoms with Crippen LogP contribution in [0.3, 0.4) is 0 Å². The molecule has 102 valence electrons. The van der Waals surface area contributed by atoms with Crippen LogP contribution in [0.5, 0.6) is 0 Å². The first-order valence-corrected chi connectivity index (χ1v) is 6.66. The number of rotatable bonds is 7. The van der Waals surface area contributed by atoms with E-state index in [1.807, 2.05) is 6.92 Å². The van der Waals surface area contributed by atoms with Gasteiger partial charge < -0.3 is 15.4 Å². The molecule has 0 aliphatic carbocycles. The molecule has 1 aromatic carbocycles. The number of nitrogens with two attached hydrogens (primary N) is 1. The van der Waals surface area contributed by atoms with Crippen LogP contribution in [0.1, 0.15) is 26.3 Å². The summed E-state index contributed by atoms with van der Waals surface area (Å²) in [5.41, 5.74) is 8.30. The minimum absolute atomic E-state index is 0.216.